The van der Waals surface area contributed by atoms with Gasteiger partial charge in [-0.15, -0.1) is 0 Å². The molecule has 21 heavy (non-hydrogen) atoms. The maximum atomic E-state index is 12.3. The first kappa shape index (κ1) is 18.1. The lowest BCUT2D eigenvalue weighted by atomic mass is 10.2. The van der Waals surface area contributed by atoms with E-state index in [1.807, 2.05) is 13.0 Å². The molecule has 0 bridgehead atoms. The minimum atomic E-state index is -3.51. The Morgan fingerprint density at radius 3 is 2.57 bits per heavy atom. The van der Waals surface area contributed by atoms with Gasteiger partial charge in [-0.2, -0.15) is 0 Å². The maximum Gasteiger partial charge on any atom is 0.240 e. The quantitative estimate of drug-likeness (QED) is 0.730. The lowest BCUT2D eigenvalue weighted by Gasteiger charge is -2.15. The standard InChI is InChI=1S/C15H26N2O3S/c1-5-20-11-13(4)17-21(18,19)15-8-6-7-14(9-15)10-16-12(2)3/h6-9,12-13,16-17H,5,10-11H2,1-4H3. The zero-order chi connectivity index (χ0) is 15.9. The third-order valence-electron chi connectivity index (χ3n) is 2.85. The summed E-state index contributed by atoms with van der Waals surface area (Å²) in [5, 5.41) is 3.27. The van der Waals surface area contributed by atoms with E-state index >= 15 is 0 Å². The molecule has 1 atom stereocenters. The Balaban J connectivity index is 2.76. The van der Waals surface area contributed by atoms with Crippen molar-refractivity contribution in [1.82, 2.24) is 10.0 Å². The van der Waals surface area contributed by atoms with Crippen LogP contribution in [0, 0.1) is 0 Å². The fourth-order valence-corrected chi connectivity index (χ4v) is 3.10. The van der Waals surface area contributed by atoms with Crippen LogP contribution in [0.15, 0.2) is 29.2 Å². The van der Waals surface area contributed by atoms with Gasteiger partial charge in [0.05, 0.1) is 11.5 Å². The van der Waals surface area contributed by atoms with Gasteiger partial charge in [0, 0.05) is 25.2 Å². The van der Waals surface area contributed by atoms with Crippen molar-refractivity contribution in [2.75, 3.05) is 13.2 Å². The van der Waals surface area contributed by atoms with Crippen molar-refractivity contribution in [3.8, 4) is 0 Å². The molecular formula is C15H26N2O3S. The molecule has 0 spiro atoms. The molecule has 1 aromatic rings. The van der Waals surface area contributed by atoms with E-state index in [0.717, 1.165) is 5.56 Å². The highest BCUT2D eigenvalue weighted by Crippen LogP contribution is 2.12. The van der Waals surface area contributed by atoms with Crippen molar-refractivity contribution in [2.45, 2.75) is 51.2 Å². The second-order valence-corrected chi connectivity index (χ2v) is 7.08. The van der Waals surface area contributed by atoms with E-state index in [9.17, 15) is 8.42 Å². The average molecular weight is 314 g/mol. The monoisotopic (exact) mass is 314 g/mol. The molecule has 120 valence electrons. The van der Waals surface area contributed by atoms with Crippen molar-refractivity contribution >= 4 is 10.0 Å². The molecule has 6 heteroatoms. The summed E-state index contributed by atoms with van der Waals surface area (Å²) in [7, 11) is -3.51. The number of hydrogen-bond acceptors (Lipinski definition) is 4. The van der Waals surface area contributed by atoms with Crippen molar-refractivity contribution in [1.29, 1.82) is 0 Å². The Hall–Kier alpha value is -0.950. The van der Waals surface area contributed by atoms with E-state index in [0.29, 0.717) is 25.8 Å². The Morgan fingerprint density at radius 1 is 1.24 bits per heavy atom. The molecule has 1 rings (SSSR count). The average Bonchev–Trinajstić information content (AvgIpc) is 2.43. The van der Waals surface area contributed by atoms with Crippen LogP contribution >= 0.6 is 0 Å². The van der Waals surface area contributed by atoms with Crippen LogP contribution in [0.5, 0.6) is 0 Å². The Bertz CT molecular complexity index is 529. The van der Waals surface area contributed by atoms with E-state index in [-0.39, 0.29) is 10.9 Å². The van der Waals surface area contributed by atoms with Gasteiger partial charge in [-0.25, -0.2) is 13.1 Å². The lowest BCUT2D eigenvalue weighted by Crippen LogP contribution is -2.36. The number of nitrogens with one attached hydrogen (secondary N) is 2. The van der Waals surface area contributed by atoms with E-state index < -0.39 is 10.0 Å². The molecule has 0 heterocycles. The summed E-state index contributed by atoms with van der Waals surface area (Å²) in [4.78, 5) is 0.286. The van der Waals surface area contributed by atoms with Crippen LogP contribution in [-0.2, 0) is 21.3 Å². The van der Waals surface area contributed by atoms with Gasteiger partial charge in [0.1, 0.15) is 0 Å². The fraction of sp³-hybridized carbons (Fsp3) is 0.600. The van der Waals surface area contributed by atoms with E-state index in [1.54, 1.807) is 25.1 Å². The zero-order valence-electron chi connectivity index (χ0n) is 13.2. The van der Waals surface area contributed by atoms with Crippen molar-refractivity contribution < 1.29 is 13.2 Å². The molecule has 1 aromatic carbocycles. The molecule has 0 saturated carbocycles. The van der Waals surface area contributed by atoms with Crippen LogP contribution < -0.4 is 10.0 Å². The number of benzene rings is 1. The summed E-state index contributed by atoms with van der Waals surface area (Å²) in [6.45, 7) is 9.36. The smallest absolute Gasteiger partial charge is 0.240 e. The molecular weight excluding hydrogens is 288 g/mol. The van der Waals surface area contributed by atoms with E-state index in [1.165, 1.54) is 0 Å². The van der Waals surface area contributed by atoms with Gasteiger partial charge in [-0.1, -0.05) is 26.0 Å². The van der Waals surface area contributed by atoms with Crippen LogP contribution in [0.25, 0.3) is 0 Å². The van der Waals surface area contributed by atoms with Gasteiger partial charge in [-0.3, -0.25) is 0 Å². The van der Waals surface area contributed by atoms with Gasteiger partial charge < -0.3 is 10.1 Å². The Morgan fingerprint density at radius 2 is 1.95 bits per heavy atom. The highest BCUT2D eigenvalue weighted by Gasteiger charge is 2.17. The van der Waals surface area contributed by atoms with E-state index in [4.69, 9.17) is 4.74 Å². The summed E-state index contributed by atoms with van der Waals surface area (Å²) in [6, 6.07) is 7.08. The molecule has 0 aliphatic carbocycles. The summed E-state index contributed by atoms with van der Waals surface area (Å²) >= 11 is 0. The molecule has 5 nitrogen and oxygen atoms in total. The minimum Gasteiger partial charge on any atom is -0.380 e. The van der Waals surface area contributed by atoms with Crippen molar-refractivity contribution in [2.24, 2.45) is 0 Å². The van der Waals surface area contributed by atoms with Crippen molar-refractivity contribution in [3.05, 3.63) is 29.8 Å². The van der Waals surface area contributed by atoms with Gasteiger partial charge in [0.25, 0.3) is 0 Å². The summed E-state index contributed by atoms with van der Waals surface area (Å²) in [6.07, 6.45) is 0. The molecule has 0 saturated heterocycles. The van der Waals surface area contributed by atoms with Crippen LogP contribution in [0.3, 0.4) is 0 Å². The van der Waals surface area contributed by atoms with Gasteiger partial charge in [0.15, 0.2) is 0 Å². The first-order chi connectivity index (χ1) is 9.85. The van der Waals surface area contributed by atoms with Crippen LogP contribution in [0.2, 0.25) is 0 Å². The SMILES string of the molecule is CCOCC(C)NS(=O)(=O)c1cccc(CNC(C)C)c1. The largest absolute Gasteiger partial charge is 0.380 e. The van der Waals surface area contributed by atoms with Gasteiger partial charge in [-0.05, 0) is 31.5 Å². The summed E-state index contributed by atoms with van der Waals surface area (Å²) in [5.41, 5.74) is 0.948. The summed E-state index contributed by atoms with van der Waals surface area (Å²) in [5.74, 6) is 0. The van der Waals surface area contributed by atoms with E-state index in [2.05, 4.69) is 23.9 Å². The zero-order valence-corrected chi connectivity index (χ0v) is 14.0. The number of sulfonamides is 1. The third kappa shape index (κ3) is 6.56. The van der Waals surface area contributed by atoms with Gasteiger partial charge in [0.2, 0.25) is 10.0 Å². The molecule has 1 unspecified atom stereocenters. The molecule has 0 amide bonds. The molecule has 0 fully saturated rings. The first-order valence-corrected chi connectivity index (χ1v) is 8.76. The lowest BCUT2D eigenvalue weighted by molar-refractivity contribution is 0.133. The predicted molar refractivity (Wildman–Crippen MR) is 84.7 cm³/mol. The topological polar surface area (TPSA) is 67.4 Å². The maximum absolute atomic E-state index is 12.3. The highest BCUT2D eigenvalue weighted by molar-refractivity contribution is 7.89. The Labute approximate surface area is 128 Å². The molecule has 0 aliphatic rings. The molecule has 0 aromatic heterocycles. The second-order valence-electron chi connectivity index (χ2n) is 5.36. The van der Waals surface area contributed by atoms with Crippen molar-refractivity contribution in [3.63, 3.8) is 0 Å². The summed E-state index contributed by atoms with van der Waals surface area (Å²) < 4.78 is 32.5. The van der Waals surface area contributed by atoms with Crippen LogP contribution in [-0.4, -0.2) is 33.7 Å². The van der Waals surface area contributed by atoms with Crippen LogP contribution in [0.4, 0.5) is 0 Å². The fourth-order valence-electron chi connectivity index (χ4n) is 1.81. The normalized spacial score (nSPS) is 13.6. The number of rotatable bonds is 9. The second kappa shape index (κ2) is 8.48. The van der Waals surface area contributed by atoms with Crippen LogP contribution in [0.1, 0.15) is 33.3 Å². The Kier molecular flexibility index (Phi) is 7.31. The predicted octanol–water partition coefficient (Wildman–Crippen LogP) is 1.89. The van der Waals surface area contributed by atoms with Gasteiger partial charge >= 0.3 is 0 Å². The number of ether oxygens (including phenoxy) is 1. The third-order valence-corrected chi connectivity index (χ3v) is 4.44. The molecule has 0 radical (unpaired) electrons. The molecule has 0 aliphatic heterocycles. The first-order valence-electron chi connectivity index (χ1n) is 7.27. The molecule has 2 N–H and O–H groups in total. The highest BCUT2D eigenvalue weighted by atomic mass is 32.2. The number of hydrogen-bond donors (Lipinski definition) is 2. The minimum absolute atomic E-state index is 0.257.